The molecular weight excluding hydrogens is 285 g/mol. The maximum Gasteiger partial charge on any atom is 0.396 e. The van der Waals surface area contributed by atoms with Crippen molar-refractivity contribution in [2.24, 2.45) is 7.05 Å². The zero-order chi connectivity index (χ0) is 16.1. The van der Waals surface area contributed by atoms with Gasteiger partial charge in [0.2, 0.25) is 5.71 Å². The molecule has 4 heterocycles. The molecule has 0 N–H and O–H groups in total. The summed E-state index contributed by atoms with van der Waals surface area (Å²) in [7, 11) is 4.17. The monoisotopic (exact) mass is 304 g/mol. The van der Waals surface area contributed by atoms with Crippen molar-refractivity contribution in [3.05, 3.63) is 52.4 Å². The molecule has 1 aliphatic heterocycles. The van der Waals surface area contributed by atoms with E-state index in [2.05, 4.69) is 72.0 Å². The van der Waals surface area contributed by atoms with Gasteiger partial charge >= 0.3 is 6.85 Å². The summed E-state index contributed by atoms with van der Waals surface area (Å²) < 4.78 is 8.11. The smallest absolute Gasteiger partial charge is 0.396 e. The molecule has 4 rings (SSSR count). The maximum atomic E-state index is 5.93. The van der Waals surface area contributed by atoms with Crippen LogP contribution in [0.15, 0.2) is 34.9 Å². The molecule has 0 atom stereocenters. The van der Waals surface area contributed by atoms with E-state index in [9.17, 15) is 0 Å². The van der Waals surface area contributed by atoms with Crippen molar-refractivity contribution in [3.8, 4) is 0 Å². The van der Waals surface area contributed by atoms with Gasteiger partial charge in [0.1, 0.15) is 7.05 Å². The number of fused-ring (bicyclic) bond motifs is 3. The largest absolute Gasteiger partial charge is 0.436 e. The molecule has 3 aromatic rings. The number of nitrogens with zero attached hydrogens (tertiary/aromatic N) is 3. The van der Waals surface area contributed by atoms with Crippen molar-refractivity contribution in [1.82, 2.24) is 9.79 Å². The van der Waals surface area contributed by atoms with Crippen LogP contribution in [0.5, 0.6) is 0 Å². The van der Waals surface area contributed by atoms with E-state index in [4.69, 9.17) is 4.42 Å². The van der Waals surface area contributed by atoms with Gasteiger partial charge in [-0.15, -0.1) is 0 Å². The number of pyridine rings is 2. The molecule has 114 valence electrons. The van der Waals surface area contributed by atoms with Gasteiger partial charge in [0.05, 0.1) is 0 Å². The molecule has 0 saturated heterocycles. The van der Waals surface area contributed by atoms with Crippen molar-refractivity contribution < 1.29 is 8.98 Å². The van der Waals surface area contributed by atoms with Crippen LogP contribution in [-0.4, -0.2) is 23.7 Å². The molecule has 0 aliphatic carbocycles. The number of furan rings is 1. The van der Waals surface area contributed by atoms with Crippen LogP contribution in [0.1, 0.15) is 11.3 Å². The van der Waals surface area contributed by atoms with Crippen molar-refractivity contribution >= 4 is 35.7 Å². The SMILES string of the molecule is Cc1cc[n+](C)c(B2C=c3c(oc4nc(C)ccc34)=CN2C)c1. The van der Waals surface area contributed by atoms with Gasteiger partial charge in [-0.3, -0.25) is 0 Å². The number of aromatic nitrogens is 2. The van der Waals surface area contributed by atoms with E-state index in [0.29, 0.717) is 5.71 Å². The first-order chi connectivity index (χ1) is 11.0. The summed E-state index contributed by atoms with van der Waals surface area (Å²) in [6, 6.07) is 8.50. The van der Waals surface area contributed by atoms with Crippen LogP contribution in [-0.2, 0) is 7.05 Å². The van der Waals surface area contributed by atoms with Crippen LogP contribution >= 0.6 is 0 Å². The highest BCUT2D eigenvalue weighted by molar-refractivity contribution is 6.82. The Morgan fingerprint density at radius 2 is 2.04 bits per heavy atom. The molecule has 23 heavy (non-hydrogen) atoms. The second kappa shape index (κ2) is 4.98. The highest BCUT2D eigenvalue weighted by Crippen LogP contribution is 2.09. The molecule has 3 aromatic heterocycles. The Kier molecular flexibility index (Phi) is 3.05. The fourth-order valence-electron chi connectivity index (χ4n) is 3.20. The summed E-state index contributed by atoms with van der Waals surface area (Å²) in [6.45, 7) is 4.28. The molecule has 0 radical (unpaired) electrons. The van der Waals surface area contributed by atoms with Crippen molar-refractivity contribution in [3.63, 3.8) is 0 Å². The molecule has 0 amide bonds. The van der Waals surface area contributed by atoms with E-state index in [1.165, 1.54) is 11.2 Å². The molecule has 4 nitrogen and oxygen atoms in total. The van der Waals surface area contributed by atoms with Crippen LogP contribution < -0.4 is 20.8 Å². The van der Waals surface area contributed by atoms with E-state index in [1.54, 1.807) is 0 Å². The second-order valence-corrected chi connectivity index (χ2v) is 6.33. The van der Waals surface area contributed by atoms with Crippen LogP contribution in [0.3, 0.4) is 0 Å². The van der Waals surface area contributed by atoms with Gasteiger partial charge < -0.3 is 9.23 Å². The lowest BCUT2D eigenvalue weighted by molar-refractivity contribution is -0.654. The normalized spacial score (nSPS) is 13.7. The van der Waals surface area contributed by atoms with E-state index < -0.39 is 0 Å². The van der Waals surface area contributed by atoms with Gasteiger partial charge in [-0.05, 0) is 38.6 Å². The average Bonchev–Trinajstić information content (AvgIpc) is 2.85. The fourth-order valence-corrected chi connectivity index (χ4v) is 3.20. The molecule has 1 aliphatic rings. The van der Waals surface area contributed by atoms with Crippen LogP contribution in [0, 0.1) is 13.8 Å². The minimum Gasteiger partial charge on any atom is -0.436 e. The predicted molar refractivity (Wildman–Crippen MR) is 92.4 cm³/mol. The van der Waals surface area contributed by atoms with Gasteiger partial charge in [-0.2, -0.15) is 0 Å². The molecular formula is C18H19BN3O+. The Hall–Kier alpha value is -2.56. The molecule has 0 fully saturated rings. The summed E-state index contributed by atoms with van der Waals surface area (Å²) in [5.41, 5.74) is 5.08. The van der Waals surface area contributed by atoms with Crippen LogP contribution in [0.2, 0.25) is 0 Å². The van der Waals surface area contributed by atoms with Crippen LogP contribution in [0.4, 0.5) is 0 Å². The zero-order valence-corrected chi connectivity index (χ0v) is 13.9. The molecule has 0 unspecified atom stereocenters. The number of hydrogen-bond donors (Lipinski definition) is 0. The van der Waals surface area contributed by atoms with Gasteiger partial charge in [-0.1, -0.05) is 5.98 Å². The van der Waals surface area contributed by atoms with Gasteiger partial charge in [0.25, 0.3) is 0 Å². The highest BCUT2D eigenvalue weighted by atomic mass is 16.3. The number of rotatable bonds is 1. The molecule has 0 bridgehead atoms. The Labute approximate surface area is 135 Å². The average molecular weight is 304 g/mol. The Morgan fingerprint density at radius 3 is 2.87 bits per heavy atom. The summed E-state index contributed by atoms with van der Waals surface area (Å²) in [5, 5.41) is 2.22. The lowest BCUT2D eigenvalue weighted by atomic mass is 9.55. The Balaban J connectivity index is 1.98. The fraction of sp³-hybridized carbons (Fsp3) is 0.222. The zero-order valence-electron chi connectivity index (χ0n) is 13.9. The standard InChI is InChI=1S/C18H19BN3O/c1-12-7-8-21(3)17(9-12)19-10-15-14-6-5-13(2)20-18(14)23-16(15)11-22(19)4/h5-11H,1-4H3/q+1. The highest BCUT2D eigenvalue weighted by Gasteiger charge is 2.30. The van der Waals surface area contributed by atoms with Crippen LogP contribution in [0.25, 0.3) is 23.3 Å². The third-order valence-corrected chi connectivity index (χ3v) is 4.49. The summed E-state index contributed by atoms with van der Waals surface area (Å²) in [4.78, 5) is 6.69. The van der Waals surface area contributed by atoms with E-state index in [0.717, 1.165) is 21.7 Å². The Morgan fingerprint density at radius 1 is 1.22 bits per heavy atom. The summed E-state index contributed by atoms with van der Waals surface area (Å²) >= 11 is 0. The summed E-state index contributed by atoms with van der Waals surface area (Å²) in [6.07, 6.45) is 4.18. The predicted octanol–water partition coefficient (Wildman–Crippen LogP) is 0.171. The first-order valence-corrected chi connectivity index (χ1v) is 7.81. The lowest BCUT2D eigenvalue weighted by Crippen LogP contribution is -2.60. The first-order valence-electron chi connectivity index (χ1n) is 7.81. The third kappa shape index (κ3) is 2.24. The van der Waals surface area contributed by atoms with E-state index in [-0.39, 0.29) is 6.85 Å². The number of aryl methyl sites for hydroxylation is 3. The Bertz CT molecular complexity index is 1040. The third-order valence-electron chi connectivity index (χ3n) is 4.49. The van der Waals surface area contributed by atoms with Crippen molar-refractivity contribution in [2.45, 2.75) is 13.8 Å². The molecule has 0 saturated carbocycles. The molecule has 5 heteroatoms. The second-order valence-electron chi connectivity index (χ2n) is 6.33. The number of hydrogen-bond acceptors (Lipinski definition) is 3. The minimum atomic E-state index is 0.175. The lowest BCUT2D eigenvalue weighted by Gasteiger charge is -2.20. The minimum absolute atomic E-state index is 0.175. The van der Waals surface area contributed by atoms with Gasteiger partial charge in [0.15, 0.2) is 17.2 Å². The van der Waals surface area contributed by atoms with E-state index in [1.807, 2.05) is 13.0 Å². The first kappa shape index (κ1) is 14.1. The van der Waals surface area contributed by atoms with E-state index >= 15 is 0 Å². The van der Waals surface area contributed by atoms with Gasteiger partial charge in [-0.25, -0.2) is 9.55 Å². The van der Waals surface area contributed by atoms with Crippen molar-refractivity contribution in [2.75, 3.05) is 7.05 Å². The maximum absolute atomic E-state index is 5.93. The topological polar surface area (TPSA) is 33.1 Å². The van der Waals surface area contributed by atoms with Crippen molar-refractivity contribution in [1.29, 1.82) is 0 Å². The summed E-state index contributed by atoms with van der Waals surface area (Å²) in [5.74, 6) is 2.27. The molecule has 0 aromatic carbocycles. The molecule has 0 spiro atoms. The quantitative estimate of drug-likeness (QED) is 0.475. The van der Waals surface area contributed by atoms with Gasteiger partial charge in [0, 0.05) is 34.6 Å².